The fourth-order valence-electron chi connectivity index (χ4n) is 1.49. The van der Waals surface area contributed by atoms with E-state index in [4.69, 9.17) is 28.5 Å². The van der Waals surface area contributed by atoms with Crippen molar-refractivity contribution >= 4 is 35.0 Å². The summed E-state index contributed by atoms with van der Waals surface area (Å²) in [5.41, 5.74) is -0.210. The molecule has 1 nitrogen and oxygen atoms in total. The number of hydrogen-bond acceptors (Lipinski definition) is 2. The number of rotatable bonds is 6. The Balaban J connectivity index is 2.30. The molecule has 0 unspecified atom stereocenters. The van der Waals surface area contributed by atoms with Crippen molar-refractivity contribution in [2.45, 2.75) is 38.0 Å². The number of unbranched alkanes of at least 4 members (excludes halogenated alkanes) is 1. The van der Waals surface area contributed by atoms with Crippen molar-refractivity contribution in [2.24, 2.45) is 5.41 Å². The minimum absolute atomic E-state index is 0.210. The van der Waals surface area contributed by atoms with Crippen molar-refractivity contribution in [1.82, 2.24) is 0 Å². The lowest BCUT2D eigenvalue weighted by Gasteiger charge is -2.14. The predicted molar refractivity (Wildman–Crippen MR) is 80.4 cm³/mol. The van der Waals surface area contributed by atoms with E-state index in [0.29, 0.717) is 5.02 Å². The molecule has 0 aliphatic heterocycles. The van der Waals surface area contributed by atoms with Crippen LogP contribution in [0.2, 0.25) is 10.0 Å². The van der Waals surface area contributed by atoms with Gasteiger partial charge in [-0.1, -0.05) is 29.6 Å². The van der Waals surface area contributed by atoms with Gasteiger partial charge in [0.1, 0.15) is 0 Å². The van der Waals surface area contributed by atoms with E-state index < -0.39 is 0 Å². The van der Waals surface area contributed by atoms with Gasteiger partial charge in [0.25, 0.3) is 0 Å². The van der Waals surface area contributed by atoms with Crippen LogP contribution in [0.15, 0.2) is 23.1 Å². The van der Waals surface area contributed by atoms with Crippen molar-refractivity contribution < 1.29 is 0 Å². The van der Waals surface area contributed by atoms with Gasteiger partial charge in [-0.2, -0.15) is 5.26 Å². The molecule has 0 bridgehead atoms. The Hall–Kier alpha value is -0.360. The van der Waals surface area contributed by atoms with Crippen LogP contribution in [0, 0.1) is 16.7 Å². The van der Waals surface area contributed by atoms with Gasteiger partial charge in [-0.3, -0.25) is 0 Å². The van der Waals surface area contributed by atoms with E-state index in [2.05, 4.69) is 6.07 Å². The Morgan fingerprint density at radius 1 is 1.28 bits per heavy atom. The first-order valence-corrected chi connectivity index (χ1v) is 7.68. The fourth-order valence-corrected chi connectivity index (χ4v) is 3.00. The Morgan fingerprint density at radius 3 is 2.67 bits per heavy atom. The molecule has 18 heavy (non-hydrogen) atoms. The largest absolute Gasteiger partial charge is 0.198 e. The van der Waals surface area contributed by atoms with Crippen LogP contribution in [-0.4, -0.2) is 5.75 Å². The second-order valence-electron chi connectivity index (χ2n) is 4.88. The predicted octanol–water partition coefficient (Wildman–Crippen LogP) is 5.81. The quantitative estimate of drug-likeness (QED) is 0.489. The standard InChI is InChI=1S/C14H17Cl2NS/c1-14(2,10-17)7-3-4-8-18-13-9-11(15)5-6-12(13)16/h5-6,9H,3-4,7-8H2,1-2H3. The molecule has 4 heteroatoms. The monoisotopic (exact) mass is 301 g/mol. The summed E-state index contributed by atoms with van der Waals surface area (Å²) in [6.07, 6.45) is 3.08. The highest BCUT2D eigenvalue weighted by atomic mass is 35.5. The zero-order chi connectivity index (χ0) is 13.6. The molecule has 0 N–H and O–H groups in total. The van der Waals surface area contributed by atoms with Crippen LogP contribution in [0.5, 0.6) is 0 Å². The molecule has 0 heterocycles. The van der Waals surface area contributed by atoms with Crippen LogP contribution in [0.3, 0.4) is 0 Å². The van der Waals surface area contributed by atoms with Crippen LogP contribution in [-0.2, 0) is 0 Å². The van der Waals surface area contributed by atoms with Gasteiger partial charge in [0.15, 0.2) is 0 Å². The third-order valence-electron chi connectivity index (χ3n) is 2.65. The lowest BCUT2D eigenvalue weighted by atomic mass is 9.89. The highest BCUT2D eigenvalue weighted by molar-refractivity contribution is 7.99. The molecule has 1 aromatic rings. The van der Waals surface area contributed by atoms with Gasteiger partial charge in [-0.15, -0.1) is 11.8 Å². The molecule has 0 fully saturated rings. The Labute approximate surface area is 123 Å². The molecular weight excluding hydrogens is 285 g/mol. The lowest BCUT2D eigenvalue weighted by molar-refractivity contribution is 0.433. The molecule has 0 saturated heterocycles. The van der Waals surface area contributed by atoms with Crippen LogP contribution in [0.25, 0.3) is 0 Å². The zero-order valence-electron chi connectivity index (χ0n) is 10.7. The van der Waals surface area contributed by atoms with Crippen LogP contribution in [0.1, 0.15) is 33.1 Å². The van der Waals surface area contributed by atoms with E-state index in [0.717, 1.165) is 34.9 Å². The zero-order valence-corrected chi connectivity index (χ0v) is 13.0. The molecule has 0 spiro atoms. The number of hydrogen-bond donors (Lipinski definition) is 0. The maximum atomic E-state index is 8.91. The van der Waals surface area contributed by atoms with Gasteiger partial charge in [0, 0.05) is 9.92 Å². The fraction of sp³-hybridized carbons (Fsp3) is 0.500. The summed E-state index contributed by atoms with van der Waals surface area (Å²) in [7, 11) is 0. The van der Waals surface area contributed by atoms with Gasteiger partial charge in [0.2, 0.25) is 0 Å². The molecule has 1 rings (SSSR count). The van der Waals surface area contributed by atoms with Crippen LogP contribution in [0.4, 0.5) is 0 Å². The first kappa shape index (κ1) is 15.7. The van der Waals surface area contributed by atoms with Gasteiger partial charge < -0.3 is 0 Å². The summed E-state index contributed by atoms with van der Waals surface area (Å²) in [5.74, 6) is 1.00. The van der Waals surface area contributed by atoms with E-state index in [1.165, 1.54) is 0 Å². The van der Waals surface area contributed by atoms with Gasteiger partial charge in [-0.05, 0) is 50.6 Å². The number of thioether (sulfide) groups is 1. The molecular formula is C14H17Cl2NS. The number of nitriles is 1. The molecule has 0 aliphatic rings. The second kappa shape index (κ2) is 7.28. The SMILES string of the molecule is CC(C)(C#N)CCCCSc1cc(Cl)ccc1Cl. The molecule has 0 aromatic heterocycles. The maximum Gasteiger partial charge on any atom is 0.0683 e. The van der Waals surface area contributed by atoms with E-state index in [-0.39, 0.29) is 5.41 Å². The summed E-state index contributed by atoms with van der Waals surface area (Å²) in [6, 6.07) is 7.84. The lowest BCUT2D eigenvalue weighted by Crippen LogP contribution is -2.07. The van der Waals surface area contributed by atoms with Gasteiger partial charge >= 0.3 is 0 Å². The van der Waals surface area contributed by atoms with Crippen molar-refractivity contribution in [1.29, 1.82) is 5.26 Å². The molecule has 1 aromatic carbocycles. The summed E-state index contributed by atoms with van der Waals surface area (Å²) < 4.78 is 0. The third kappa shape index (κ3) is 5.52. The highest BCUT2D eigenvalue weighted by Crippen LogP contribution is 2.31. The Bertz CT molecular complexity index is 438. The summed E-state index contributed by atoms with van der Waals surface area (Å²) >= 11 is 13.7. The minimum atomic E-state index is -0.210. The Morgan fingerprint density at radius 2 is 2.00 bits per heavy atom. The average molecular weight is 302 g/mol. The van der Waals surface area contributed by atoms with E-state index in [9.17, 15) is 0 Å². The van der Waals surface area contributed by atoms with E-state index >= 15 is 0 Å². The number of halogens is 2. The first-order chi connectivity index (χ1) is 8.44. The minimum Gasteiger partial charge on any atom is -0.198 e. The molecule has 0 atom stereocenters. The van der Waals surface area contributed by atoms with Crippen molar-refractivity contribution in [3.63, 3.8) is 0 Å². The molecule has 0 radical (unpaired) electrons. The van der Waals surface area contributed by atoms with Crippen molar-refractivity contribution in [3.8, 4) is 6.07 Å². The van der Waals surface area contributed by atoms with E-state index in [1.807, 2.05) is 26.0 Å². The smallest absolute Gasteiger partial charge is 0.0683 e. The average Bonchev–Trinajstić information content (AvgIpc) is 2.33. The van der Waals surface area contributed by atoms with Crippen LogP contribution >= 0.6 is 35.0 Å². The maximum absolute atomic E-state index is 8.91. The number of benzene rings is 1. The Kier molecular flexibility index (Phi) is 6.35. The molecule has 0 amide bonds. The summed E-state index contributed by atoms with van der Waals surface area (Å²) in [6.45, 7) is 3.96. The van der Waals surface area contributed by atoms with Crippen molar-refractivity contribution in [3.05, 3.63) is 28.2 Å². The topological polar surface area (TPSA) is 23.8 Å². The number of nitrogens with zero attached hydrogens (tertiary/aromatic N) is 1. The van der Waals surface area contributed by atoms with Gasteiger partial charge in [0.05, 0.1) is 16.5 Å². The van der Waals surface area contributed by atoms with Gasteiger partial charge in [-0.25, -0.2) is 0 Å². The molecule has 0 saturated carbocycles. The second-order valence-corrected chi connectivity index (χ2v) is 6.86. The molecule has 0 aliphatic carbocycles. The highest BCUT2D eigenvalue weighted by Gasteiger charge is 2.15. The summed E-state index contributed by atoms with van der Waals surface area (Å²) in [5, 5.41) is 10.4. The molecule has 98 valence electrons. The summed E-state index contributed by atoms with van der Waals surface area (Å²) in [4.78, 5) is 1.03. The third-order valence-corrected chi connectivity index (χ3v) is 4.47. The van der Waals surface area contributed by atoms with Crippen LogP contribution < -0.4 is 0 Å². The normalized spacial score (nSPS) is 11.3. The first-order valence-electron chi connectivity index (χ1n) is 5.94. The van der Waals surface area contributed by atoms with Crippen molar-refractivity contribution in [2.75, 3.05) is 5.75 Å². The van der Waals surface area contributed by atoms with E-state index in [1.54, 1.807) is 17.8 Å².